The predicted octanol–water partition coefficient (Wildman–Crippen LogP) is 1.67. The number of hydrogen-bond acceptors (Lipinski definition) is 7. The molecule has 0 bridgehead atoms. The van der Waals surface area contributed by atoms with Crippen LogP contribution in [-0.4, -0.2) is 50.8 Å². The lowest BCUT2D eigenvalue weighted by Crippen LogP contribution is -2.47. The van der Waals surface area contributed by atoms with Crippen molar-refractivity contribution in [1.29, 1.82) is 0 Å². The number of rotatable bonds is 3. The fraction of sp³-hybridized carbons (Fsp3) is 0.412. The molecule has 4 rings (SSSR count). The van der Waals surface area contributed by atoms with E-state index >= 15 is 0 Å². The summed E-state index contributed by atoms with van der Waals surface area (Å²) < 4.78 is 1.41. The average molecular weight is 356 g/mol. The Morgan fingerprint density at radius 2 is 1.80 bits per heavy atom. The first-order valence-electron chi connectivity index (χ1n) is 8.35. The third kappa shape index (κ3) is 3.14. The number of hydrogen-bond donors (Lipinski definition) is 0. The summed E-state index contributed by atoms with van der Waals surface area (Å²) in [5, 5.41) is 5.13. The van der Waals surface area contributed by atoms with Gasteiger partial charge in [-0.25, -0.2) is 4.68 Å². The third-order valence-electron chi connectivity index (χ3n) is 4.79. The van der Waals surface area contributed by atoms with E-state index in [0.717, 1.165) is 42.3 Å². The molecule has 1 aliphatic rings. The van der Waals surface area contributed by atoms with E-state index < -0.39 is 0 Å². The monoisotopic (exact) mass is 356 g/mol. The van der Waals surface area contributed by atoms with Gasteiger partial charge in [-0.2, -0.15) is 0 Å². The highest BCUT2D eigenvalue weighted by Gasteiger charge is 2.24. The summed E-state index contributed by atoms with van der Waals surface area (Å²) >= 11 is 1.22. The van der Waals surface area contributed by atoms with Gasteiger partial charge in [0.25, 0.3) is 0 Å². The Morgan fingerprint density at radius 3 is 2.48 bits per heavy atom. The Balaban J connectivity index is 1.46. The van der Waals surface area contributed by atoms with Crippen LogP contribution in [0.5, 0.6) is 0 Å². The van der Waals surface area contributed by atoms with E-state index in [9.17, 15) is 4.79 Å². The van der Waals surface area contributed by atoms with Gasteiger partial charge in [0.15, 0.2) is 0 Å². The minimum Gasteiger partial charge on any atom is -0.344 e. The van der Waals surface area contributed by atoms with Gasteiger partial charge in [0.2, 0.25) is 5.13 Å². The van der Waals surface area contributed by atoms with E-state index in [2.05, 4.69) is 43.9 Å². The van der Waals surface area contributed by atoms with Crippen molar-refractivity contribution < 1.29 is 0 Å². The smallest absolute Gasteiger partial charge is 0.326 e. The van der Waals surface area contributed by atoms with Crippen LogP contribution in [-0.2, 0) is 7.05 Å². The lowest BCUT2D eigenvalue weighted by molar-refractivity contribution is 0.198. The van der Waals surface area contributed by atoms with Crippen molar-refractivity contribution in [1.82, 2.24) is 24.6 Å². The van der Waals surface area contributed by atoms with Gasteiger partial charge in [-0.3, -0.25) is 19.7 Å². The highest BCUT2D eigenvalue weighted by atomic mass is 32.1. The van der Waals surface area contributed by atoms with Gasteiger partial charge < -0.3 is 4.90 Å². The Kier molecular flexibility index (Phi) is 4.22. The number of piperazine rings is 1. The molecule has 25 heavy (non-hydrogen) atoms. The first-order valence-corrected chi connectivity index (χ1v) is 9.17. The number of aromatic nitrogens is 4. The molecule has 0 saturated carbocycles. The van der Waals surface area contributed by atoms with Crippen molar-refractivity contribution in [3.05, 3.63) is 45.8 Å². The number of benzene rings is 1. The van der Waals surface area contributed by atoms with Crippen LogP contribution in [0.4, 0.5) is 5.13 Å². The van der Waals surface area contributed by atoms with Gasteiger partial charge in [-0.05, 0) is 36.0 Å². The SMILES string of the molecule is CC(c1ccc2nccnc2c1)N1CCN(c2nn(C)c(=O)s2)CC1. The molecule has 1 aliphatic heterocycles. The summed E-state index contributed by atoms with van der Waals surface area (Å²) in [6.45, 7) is 5.87. The summed E-state index contributed by atoms with van der Waals surface area (Å²) in [6, 6.07) is 6.62. The van der Waals surface area contributed by atoms with Crippen LogP contribution in [0.1, 0.15) is 18.5 Å². The molecule has 2 aromatic heterocycles. The zero-order valence-electron chi connectivity index (χ0n) is 14.3. The normalized spacial score (nSPS) is 17.1. The molecular formula is C17H20N6OS. The molecule has 7 nitrogen and oxygen atoms in total. The molecule has 1 fully saturated rings. The molecule has 0 aliphatic carbocycles. The maximum Gasteiger partial charge on any atom is 0.326 e. The maximum atomic E-state index is 11.6. The predicted molar refractivity (Wildman–Crippen MR) is 99.1 cm³/mol. The van der Waals surface area contributed by atoms with E-state index in [1.807, 2.05) is 6.07 Å². The molecule has 8 heteroatoms. The van der Waals surface area contributed by atoms with Crippen molar-refractivity contribution in [2.75, 3.05) is 31.1 Å². The van der Waals surface area contributed by atoms with Crippen LogP contribution >= 0.6 is 11.3 Å². The summed E-state index contributed by atoms with van der Waals surface area (Å²) in [5.41, 5.74) is 3.11. The molecule has 1 unspecified atom stereocenters. The lowest BCUT2D eigenvalue weighted by atomic mass is 10.1. The topological polar surface area (TPSA) is 67.2 Å². The molecule has 130 valence electrons. The zero-order valence-corrected chi connectivity index (χ0v) is 15.1. The largest absolute Gasteiger partial charge is 0.344 e. The van der Waals surface area contributed by atoms with Crippen LogP contribution in [0.2, 0.25) is 0 Å². The number of aryl methyl sites for hydroxylation is 1. The van der Waals surface area contributed by atoms with E-state index in [-0.39, 0.29) is 4.87 Å². The quantitative estimate of drug-likeness (QED) is 0.711. The number of anilines is 1. The van der Waals surface area contributed by atoms with Crippen LogP contribution < -0.4 is 9.77 Å². The third-order valence-corrected chi connectivity index (χ3v) is 5.75. The van der Waals surface area contributed by atoms with Crippen LogP contribution in [0.15, 0.2) is 35.4 Å². The molecule has 1 aromatic carbocycles. The van der Waals surface area contributed by atoms with E-state index in [1.165, 1.54) is 21.6 Å². The molecule has 3 aromatic rings. The minimum atomic E-state index is -0.0110. The summed E-state index contributed by atoms with van der Waals surface area (Å²) in [7, 11) is 1.70. The van der Waals surface area contributed by atoms with Gasteiger partial charge in [-0.1, -0.05) is 6.07 Å². The first-order chi connectivity index (χ1) is 12.1. The number of nitrogens with zero attached hydrogens (tertiary/aromatic N) is 6. The van der Waals surface area contributed by atoms with Crippen molar-refractivity contribution in [2.45, 2.75) is 13.0 Å². The van der Waals surface area contributed by atoms with Gasteiger partial charge in [0.1, 0.15) is 0 Å². The molecule has 0 amide bonds. The van der Waals surface area contributed by atoms with Crippen molar-refractivity contribution in [3.8, 4) is 0 Å². The molecule has 0 spiro atoms. The average Bonchev–Trinajstić information content (AvgIpc) is 2.99. The van der Waals surface area contributed by atoms with E-state index in [1.54, 1.807) is 19.4 Å². The van der Waals surface area contributed by atoms with E-state index in [4.69, 9.17) is 0 Å². The molecule has 3 heterocycles. The Bertz CT molecular complexity index is 943. The summed E-state index contributed by atoms with van der Waals surface area (Å²) in [6.07, 6.45) is 3.45. The molecule has 1 atom stereocenters. The lowest BCUT2D eigenvalue weighted by Gasteiger charge is -2.38. The fourth-order valence-electron chi connectivity index (χ4n) is 3.21. The molecule has 0 radical (unpaired) electrons. The second-order valence-corrected chi connectivity index (χ2v) is 7.20. The van der Waals surface area contributed by atoms with Gasteiger partial charge in [0.05, 0.1) is 11.0 Å². The highest BCUT2D eigenvalue weighted by molar-refractivity contribution is 7.13. The zero-order chi connectivity index (χ0) is 17.4. The van der Waals surface area contributed by atoms with Crippen molar-refractivity contribution in [2.24, 2.45) is 7.05 Å². The fourth-order valence-corrected chi connectivity index (χ4v) is 4.02. The van der Waals surface area contributed by atoms with E-state index in [0.29, 0.717) is 6.04 Å². The summed E-state index contributed by atoms with van der Waals surface area (Å²) in [5.74, 6) is 0. The van der Waals surface area contributed by atoms with Gasteiger partial charge in [0, 0.05) is 51.7 Å². The van der Waals surface area contributed by atoms with Crippen LogP contribution in [0, 0.1) is 0 Å². The highest BCUT2D eigenvalue weighted by Crippen LogP contribution is 2.25. The maximum absolute atomic E-state index is 11.6. The summed E-state index contributed by atoms with van der Waals surface area (Å²) in [4.78, 5) is 25.0. The van der Waals surface area contributed by atoms with Crippen LogP contribution in [0.3, 0.4) is 0 Å². The molecular weight excluding hydrogens is 336 g/mol. The van der Waals surface area contributed by atoms with Gasteiger partial charge in [-0.15, -0.1) is 5.10 Å². The van der Waals surface area contributed by atoms with Crippen molar-refractivity contribution >= 4 is 27.5 Å². The van der Waals surface area contributed by atoms with Gasteiger partial charge >= 0.3 is 4.87 Å². The first kappa shape index (κ1) is 16.2. The number of fused-ring (bicyclic) bond motifs is 1. The van der Waals surface area contributed by atoms with Crippen molar-refractivity contribution in [3.63, 3.8) is 0 Å². The standard InChI is InChI=1S/C17H20N6OS/c1-12(13-3-4-14-15(11-13)19-6-5-18-14)22-7-9-23(10-8-22)16-20-21(2)17(24)25-16/h3-6,11-12H,7-10H2,1-2H3. The molecule has 1 saturated heterocycles. The van der Waals surface area contributed by atoms with Crippen LogP contribution in [0.25, 0.3) is 11.0 Å². The molecule has 0 N–H and O–H groups in total. The second-order valence-electron chi connectivity index (χ2n) is 6.28. The minimum absolute atomic E-state index is 0.0110. The second kappa shape index (κ2) is 6.53. The Labute approximate surface area is 149 Å². The Morgan fingerprint density at radius 1 is 1.08 bits per heavy atom. The Hall–Kier alpha value is -2.32.